The largest absolute Gasteiger partial charge is 0.481 e. The Labute approximate surface area is 116 Å². The van der Waals surface area contributed by atoms with E-state index in [0.717, 1.165) is 12.8 Å². The molecule has 2 N–H and O–H groups in total. The van der Waals surface area contributed by atoms with E-state index in [1.165, 1.54) is 18.3 Å². The van der Waals surface area contributed by atoms with Gasteiger partial charge in [-0.3, -0.25) is 9.59 Å². The second-order valence-corrected chi connectivity index (χ2v) is 4.89. The van der Waals surface area contributed by atoms with Crippen LogP contribution in [-0.4, -0.2) is 28.5 Å². The number of carbonyl (C=O) groups excluding carboxylic acids is 1. The molecular formula is C14H15N3O3. The van der Waals surface area contributed by atoms with Crippen molar-refractivity contribution in [1.82, 2.24) is 10.3 Å². The Balaban J connectivity index is 1.91. The molecular weight excluding hydrogens is 258 g/mol. The predicted molar refractivity (Wildman–Crippen MR) is 69.8 cm³/mol. The van der Waals surface area contributed by atoms with Crippen LogP contribution in [0.25, 0.3) is 0 Å². The van der Waals surface area contributed by atoms with Gasteiger partial charge in [-0.2, -0.15) is 5.26 Å². The molecule has 2 unspecified atom stereocenters. The van der Waals surface area contributed by atoms with Gasteiger partial charge in [0.25, 0.3) is 5.91 Å². The van der Waals surface area contributed by atoms with Crippen molar-refractivity contribution in [2.75, 3.05) is 6.54 Å². The first-order valence-electron chi connectivity index (χ1n) is 6.49. The third-order valence-electron chi connectivity index (χ3n) is 3.63. The lowest BCUT2D eigenvalue weighted by molar-refractivity contribution is -0.142. The van der Waals surface area contributed by atoms with Gasteiger partial charge < -0.3 is 10.4 Å². The number of pyridine rings is 1. The fourth-order valence-corrected chi connectivity index (χ4v) is 2.51. The van der Waals surface area contributed by atoms with E-state index in [9.17, 15) is 9.59 Å². The van der Waals surface area contributed by atoms with E-state index < -0.39 is 5.97 Å². The van der Waals surface area contributed by atoms with Crippen LogP contribution in [0.3, 0.4) is 0 Å². The number of aromatic nitrogens is 1. The van der Waals surface area contributed by atoms with Crippen LogP contribution in [0.1, 0.15) is 35.3 Å². The average Bonchev–Trinajstić information content (AvgIpc) is 2.93. The fourth-order valence-electron chi connectivity index (χ4n) is 2.51. The van der Waals surface area contributed by atoms with Crippen LogP contribution in [0.2, 0.25) is 0 Å². The van der Waals surface area contributed by atoms with Gasteiger partial charge in [0.2, 0.25) is 0 Å². The zero-order valence-corrected chi connectivity index (χ0v) is 10.9. The first-order chi connectivity index (χ1) is 9.61. The van der Waals surface area contributed by atoms with E-state index in [4.69, 9.17) is 10.4 Å². The Kier molecular flexibility index (Phi) is 4.31. The quantitative estimate of drug-likeness (QED) is 0.857. The van der Waals surface area contributed by atoms with Crippen molar-refractivity contribution >= 4 is 11.9 Å². The van der Waals surface area contributed by atoms with Gasteiger partial charge >= 0.3 is 5.97 Å². The highest BCUT2D eigenvalue weighted by Gasteiger charge is 2.32. The molecule has 1 aromatic rings. The van der Waals surface area contributed by atoms with Gasteiger partial charge in [0.05, 0.1) is 11.5 Å². The molecule has 104 valence electrons. The lowest BCUT2D eigenvalue weighted by atomic mass is 9.96. The summed E-state index contributed by atoms with van der Waals surface area (Å²) in [7, 11) is 0. The number of carboxylic acid groups (broad SMARTS) is 1. The minimum atomic E-state index is -0.793. The number of rotatable bonds is 4. The van der Waals surface area contributed by atoms with Gasteiger partial charge in [-0.05, 0) is 30.9 Å². The topological polar surface area (TPSA) is 103 Å². The molecule has 1 saturated carbocycles. The standard InChI is InChI=1S/C14H15N3O3/c15-6-9-4-5-12(16-7-9)13(18)17-8-10-2-1-3-11(10)14(19)20/h4-5,7,10-11H,1-3,8H2,(H,17,18)(H,19,20). The highest BCUT2D eigenvalue weighted by Crippen LogP contribution is 2.31. The first kappa shape index (κ1) is 14.0. The van der Waals surface area contributed by atoms with Crippen molar-refractivity contribution in [3.05, 3.63) is 29.6 Å². The molecule has 0 spiro atoms. The molecule has 1 aliphatic carbocycles. The smallest absolute Gasteiger partial charge is 0.306 e. The van der Waals surface area contributed by atoms with E-state index in [0.29, 0.717) is 18.5 Å². The second kappa shape index (κ2) is 6.15. The highest BCUT2D eigenvalue weighted by atomic mass is 16.4. The predicted octanol–water partition coefficient (Wildman–Crippen LogP) is 1.18. The third-order valence-corrected chi connectivity index (χ3v) is 3.63. The Hall–Kier alpha value is -2.42. The van der Waals surface area contributed by atoms with Gasteiger partial charge in [-0.25, -0.2) is 4.98 Å². The van der Waals surface area contributed by atoms with Crippen molar-refractivity contribution in [2.45, 2.75) is 19.3 Å². The minimum Gasteiger partial charge on any atom is -0.481 e. The lowest BCUT2D eigenvalue weighted by Gasteiger charge is -2.16. The van der Waals surface area contributed by atoms with E-state index in [2.05, 4.69) is 10.3 Å². The number of amides is 1. The van der Waals surface area contributed by atoms with Crippen LogP contribution in [0, 0.1) is 23.2 Å². The summed E-state index contributed by atoms with van der Waals surface area (Å²) in [6.45, 7) is 0.345. The lowest BCUT2D eigenvalue weighted by Crippen LogP contribution is -2.33. The van der Waals surface area contributed by atoms with Gasteiger partial charge in [-0.15, -0.1) is 0 Å². The summed E-state index contributed by atoms with van der Waals surface area (Å²) in [6.07, 6.45) is 3.71. The first-order valence-corrected chi connectivity index (χ1v) is 6.49. The summed E-state index contributed by atoms with van der Waals surface area (Å²) < 4.78 is 0. The summed E-state index contributed by atoms with van der Waals surface area (Å²) in [4.78, 5) is 26.8. The molecule has 6 heteroatoms. The number of nitriles is 1. The summed E-state index contributed by atoms with van der Waals surface area (Å²) in [5, 5.41) is 20.4. The summed E-state index contributed by atoms with van der Waals surface area (Å²) in [5.74, 6) is -1.53. The van der Waals surface area contributed by atoms with Crippen LogP contribution in [0.15, 0.2) is 18.3 Å². The molecule has 0 radical (unpaired) electrons. The van der Waals surface area contributed by atoms with Crippen LogP contribution >= 0.6 is 0 Å². The normalized spacial score (nSPS) is 21.1. The fraction of sp³-hybridized carbons (Fsp3) is 0.429. The Morgan fingerprint density at radius 1 is 1.45 bits per heavy atom. The van der Waals surface area contributed by atoms with Gasteiger partial charge in [0.1, 0.15) is 11.8 Å². The molecule has 1 aliphatic rings. The molecule has 20 heavy (non-hydrogen) atoms. The number of carboxylic acids is 1. The molecule has 0 bridgehead atoms. The van der Waals surface area contributed by atoms with Crippen LogP contribution < -0.4 is 5.32 Å². The molecule has 1 aromatic heterocycles. The van der Waals surface area contributed by atoms with Crippen molar-refractivity contribution in [1.29, 1.82) is 5.26 Å². The molecule has 1 amide bonds. The van der Waals surface area contributed by atoms with E-state index >= 15 is 0 Å². The molecule has 0 saturated heterocycles. The Morgan fingerprint density at radius 3 is 2.85 bits per heavy atom. The summed E-state index contributed by atoms with van der Waals surface area (Å²) >= 11 is 0. The van der Waals surface area contributed by atoms with E-state index in [-0.39, 0.29) is 23.4 Å². The number of nitrogens with zero attached hydrogens (tertiary/aromatic N) is 2. The van der Waals surface area contributed by atoms with Crippen LogP contribution in [-0.2, 0) is 4.79 Å². The molecule has 1 heterocycles. The zero-order valence-electron chi connectivity index (χ0n) is 10.9. The maximum absolute atomic E-state index is 11.9. The number of carbonyl (C=O) groups is 2. The highest BCUT2D eigenvalue weighted by molar-refractivity contribution is 5.92. The van der Waals surface area contributed by atoms with Crippen molar-refractivity contribution in [3.63, 3.8) is 0 Å². The minimum absolute atomic E-state index is 0.0187. The molecule has 6 nitrogen and oxygen atoms in total. The molecule has 0 aromatic carbocycles. The van der Waals surface area contributed by atoms with Gasteiger partial charge in [-0.1, -0.05) is 6.42 Å². The van der Waals surface area contributed by atoms with Crippen molar-refractivity contribution in [2.24, 2.45) is 11.8 Å². The second-order valence-electron chi connectivity index (χ2n) is 4.89. The number of hydrogen-bond acceptors (Lipinski definition) is 4. The zero-order chi connectivity index (χ0) is 14.5. The van der Waals surface area contributed by atoms with Crippen LogP contribution in [0.4, 0.5) is 0 Å². The maximum Gasteiger partial charge on any atom is 0.306 e. The molecule has 1 fully saturated rings. The number of nitrogens with one attached hydrogen (secondary N) is 1. The number of hydrogen-bond donors (Lipinski definition) is 2. The molecule has 0 aliphatic heterocycles. The van der Waals surface area contributed by atoms with Crippen molar-refractivity contribution < 1.29 is 14.7 Å². The third kappa shape index (κ3) is 3.12. The average molecular weight is 273 g/mol. The number of aliphatic carboxylic acids is 1. The Bertz CT molecular complexity index is 548. The molecule has 2 atom stereocenters. The SMILES string of the molecule is N#Cc1ccc(C(=O)NCC2CCCC2C(=O)O)nc1. The Morgan fingerprint density at radius 2 is 2.25 bits per heavy atom. The monoisotopic (exact) mass is 273 g/mol. The summed E-state index contributed by atoms with van der Waals surface area (Å²) in [5.41, 5.74) is 0.622. The van der Waals surface area contributed by atoms with Crippen molar-refractivity contribution in [3.8, 4) is 6.07 Å². The summed E-state index contributed by atoms with van der Waals surface area (Å²) in [6, 6.07) is 4.94. The maximum atomic E-state index is 11.9. The van der Waals surface area contributed by atoms with Crippen LogP contribution in [0.5, 0.6) is 0 Å². The van der Waals surface area contributed by atoms with E-state index in [1.54, 1.807) is 0 Å². The molecule has 2 rings (SSSR count). The van der Waals surface area contributed by atoms with Gasteiger partial charge in [0, 0.05) is 12.7 Å². The van der Waals surface area contributed by atoms with Gasteiger partial charge in [0.15, 0.2) is 0 Å². The van der Waals surface area contributed by atoms with E-state index in [1.807, 2.05) is 6.07 Å².